The summed E-state index contributed by atoms with van der Waals surface area (Å²) in [5.74, 6) is 0. The second-order valence-corrected chi connectivity index (χ2v) is 6.35. The van der Waals surface area contributed by atoms with Gasteiger partial charge in [0.25, 0.3) is 0 Å². The highest BCUT2D eigenvalue weighted by Crippen LogP contribution is 2.29. The van der Waals surface area contributed by atoms with Crippen molar-refractivity contribution in [2.24, 2.45) is 0 Å². The van der Waals surface area contributed by atoms with Gasteiger partial charge in [-0.2, -0.15) is 0 Å². The van der Waals surface area contributed by atoms with E-state index >= 15 is 0 Å². The number of hydrogen-bond acceptors (Lipinski definition) is 3. The molecule has 3 nitrogen and oxygen atoms in total. The van der Waals surface area contributed by atoms with Crippen LogP contribution >= 0.6 is 15.9 Å². The number of pyridine rings is 1. The van der Waals surface area contributed by atoms with Gasteiger partial charge in [0.1, 0.15) is 4.60 Å². The molecular formula is C11H10BrNO2S. The maximum absolute atomic E-state index is 11.8. The van der Waals surface area contributed by atoms with E-state index in [4.69, 9.17) is 0 Å². The summed E-state index contributed by atoms with van der Waals surface area (Å²) in [5, 5.41) is 0.672. The van der Waals surface area contributed by atoms with Gasteiger partial charge in [-0.05, 0) is 28.9 Å². The monoisotopic (exact) mass is 299 g/mol. The van der Waals surface area contributed by atoms with Crippen molar-refractivity contribution in [2.45, 2.75) is 11.8 Å². The van der Waals surface area contributed by atoms with Crippen LogP contribution in [0.4, 0.5) is 0 Å². The first-order valence-electron chi connectivity index (χ1n) is 4.66. The Kier molecular flexibility index (Phi) is 2.75. The molecule has 2 rings (SSSR count). The number of fused-ring (bicyclic) bond motifs is 1. The molecule has 1 aromatic carbocycles. The van der Waals surface area contributed by atoms with Crippen molar-refractivity contribution in [1.29, 1.82) is 0 Å². The molecule has 0 N–H and O–H groups in total. The summed E-state index contributed by atoms with van der Waals surface area (Å²) in [6, 6.07) is 7.22. The van der Waals surface area contributed by atoms with Gasteiger partial charge in [-0.1, -0.05) is 18.2 Å². The number of sulfone groups is 1. The van der Waals surface area contributed by atoms with Gasteiger partial charge < -0.3 is 0 Å². The minimum Gasteiger partial charge on any atom is -0.241 e. The predicted molar refractivity (Wildman–Crippen MR) is 67.3 cm³/mol. The molecule has 0 atom stereocenters. The van der Waals surface area contributed by atoms with Crippen molar-refractivity contribution in [3.63, 3.8) is 0 Å². The lowest BCUT2D eigenvalue weighted by Crippen LogP contribution is -2.03. The summed E-state index contributed by atoms with van der Waals surface area (Å²) in [6.45, 7) is 1.75. The molecule has 2 aromatic rings. The maximum atomic E-state index is 11.8. The van der Waals surface area contributed by atoms with Crippen LogP contribution in [0.3, 0.4) is 0 Å². The molecule has 0 aliphatic rings. The van der Waals surface area contributed by atoms with Gasteiger partial charge >= 0.3 is 0 Å². The minimum atomic E-state index is -3.25. The van der Waals surface area contributed by atoms with Crippen LogP contribution in [0.15, 0.2) is 33.8 Å². The molecule has 0 aliphatic heterocycles. The van der Waals surface area contributed by atoms with Crippen LogP contribution in [-0.4, -0.2) is 19.7 Å². The Balaban J connectivity index is 3.05. The molecule has 0 saturated carbocycles. The van der Waals surface area contributed by atoms with Crippen LogP contribution in [0.25, 0.3) is 10.9 Å². The fourth-order valence-corrected chi connectivity index (χ4v) is 3.47. The second kappa shape index (κ2) is 3.82. The van der Waals surface area contributed by atoms with E-state index < -0.39 is 9.84 Å². The molecule has 0 unspecified atom stereocenters. The third kappa shape index (κ3) is 1.85. The topological polar surface area (TPSA) is 47.0 Å². The third-order valence-corrected chi connectivity index (χ3v) is 4.43. The number of aromatic nitrogens is 1. The fraction of sp³-hybridized carbons (Fsp3) is 0.182. The molecule has 0 bridgehead atoms. The number of hydrogen-bond donors (Lipinski definition) is 0. The van der Waals surface area contributed by atoms with Crippen LogP contribution in [0, 0.1) is 6.92 Å². The Morgan fingerprint density at radius 3 is 2.50 bits per heavy atom. The van der Waals surface area contributed by atoms with Crippen molar-refractivity contribution in [2.75, 3.05) is 6.26 Å². The van der Waals surface area contributed by atoms with Crippen molar-refractivity contribution < 1.29 is 8.42 Å². The van der Waals surface area contributed by atoms with Crippen LogP contribution in [-0.2, 0) is 9.84 Å². The summed E-state index contributed by atoms with van der Waals surface area (Å²) in [4.78, 5) is 4.65. The highest BCUT2D eigenvalue weighted by molar-refractivity contribution is 9.10. The molecule has 0 aliphatic carbocycles. The predicted octanol–water partition coefficient (Wildman–Crippen LogP) is 2.71. The average Bonchev–Trinajstić information content (AvgIpc) is 2.17. The number of para-hydroxylation sites is 1. The summed E-state index contributed by atoms with van der Waals surface area (Å²) in [7, 11) is -3.25. The number of benzene rings is 1. The molecule has 0 fully saturated rings. The number of nitrogens with zero attached hydrogens (tertiary/aromatic N) is 1. The summed E-state index contributed by atoms with van der Waals surface area (Å²) in [6.07, 6.45) is 1.22. The highest BCUT2D eigenvalue weighted by Gasteiger charge is 2.18. The van der Waals surface area contributed by atoms with Gasteiger partial charge in [-0.15, -0.1) is 0 Å². The molecule has 1 aromatic heterocycles. The van der Waals surface area contributed by atoms with Crippen LogP contribution in [0.5, 0.6) is 0 Å². The van der Waals surface area contributed by atoms with Crippen molar-refractivity contribution in [3.05, 3.63) is 34.4 Å². The van der Waals surface area contributed by atoms with E-state index in [1.165, 1.54) is 6.26 Å². The van der Waals surface area contributed by atoms with Crippen molar-refractivity contribution >= 4 is 36.7 Å². The molecule has 84 valence electrons. The van der Waals surface area contributed by atoms with E-state index in [9.17, 15) is 8.42 Å². The molecule has 0 radical (unpaired) electrons. The Bertz CT molecular complexity index is 665. The van der Waals surface area contributed by atoms with E-state index in [2.05, 4.69) is 20.9 Å². The largest absolute Gasteiger partial charge is 0.241 e. The Morgan fingerprint density at radius 1 is 1.25 bits per heavy atom. The first-order chi connectivity index (χ1) is 7.41. The van der Waals surface area contributed by atoms with E-state index in [1.54, 1.807) is 19.1 Å². The minimum absolute atomic E-state index is 0.352. The molecule has 5 heteroatoms. The normalized spacial score (nSPS) is 11.9. The standard InChI is InChI=1S/C11H10BrNO2S/c1-7-10(16(2,14)15)8-5-3-4-6-9(8)13-11(7)12/h3-6H,1-2H3. The Morgan fingerprint density at radius 2 is 1.88 bits per heavy atom. The summed E-state index contributed by atoms with van der Waals surface area (Å²) < 4.78 is 24.1. The van der Waals surface area contributed by atoms with Crippen molar-refractivity contribution in [1.82, 2.24) is 4.98 Å². The number of rotatable bonds is 1. The molecule has 16 heavy (non-hydrogen) atoms. The van der Waals surface area contributed by atoms with Gasteiger partial charge in [0.2, 0.25) is 0 Å². The lowest BCUT2D eigenvalue weighted by atomic mass is 10.2. The van der Waals surface area contributed by atoms with Crippen molar-refractivity contribution in [3.8, 4) is 0 Å². The van der Waals surface area contributed by atoms with Crippen LogP contribution in [0.1, 0.15) is 5.56 Å². The van der Waals surface area contributed by atoms with Gasteiger partial charge in [-0.3, -0.25) is 0 Å². The van der Waals surface area contributed by atoms with E-state index in [1.807, 2.05) is 12.1 Å². The van der Waals surface area contributed by atoms with Crippen LogP contribution in [0.2, 0.25) is 0 Å². The van der Waals surface area contributed by atoms with Crippen LogP contribution < -0.4 is 0 Å². The summed E-state index contributed by atoms with van der Waals surface area (Å²) in [5.41, 5.74) is 1.33. The van der Waals surface area contributed by atoms with E-state index in [-0.39, 0.29) is 0 Å². The smallest absolute Gasteiger partial charge is 0.176 e. The van der Waals surface area contributed by atoms with Gasteiger partial charge in [0, 0.05) is 17.2 Å². The first kappa shape index (κ1) is 11.5. The van der Waals surface area contributed by atoms with Gasteiger partial charge in [0.05, 0.1) is 10.4 Å². The molecule has 1 heterocycles. The maximum Gasteiger partial charge on any atom is 0.176 e. The fourth-order valence-electron chi connectivity index (χ4n) is 1.73. The molecular weight excluding hydrogens is 290 g/mol. The van der Waals surface area contributed by atoms with E-state index in [0.29, 0.717) is 26.0 Å². The molecule has 0 spiro atoms. The quantitative estimate of drug-likeness (QED) is 0.761. The zero-order valence-electron chi connectivity index (χ0n) is 8.86. The van der Waals surface area contributed by atoms with E-state index in [0.717, 1.165) is 0 Å². The average molecular weight is 300 g/mol. The lowest BCUT2D eigenvalue weighted by Gasteiger charge is -2.09. The zero-order chi connectivity index (χ0) is 11.9. The SMILES string of the molecule is Cc1c(Br)nc2ccccc2c1S(C)(=O)=O. The Hall–Kier alpha value is -0.940. The summed E-state index contributed by atoms with van der Waals surface area (Å²) >= 11 is 3.28. The molecule has 0 amide bonds. The zero-order valence-corrected chi connectivity index (χ0v) is 11.3. The number of halogens is 1. The lowest BCUT2D eigenvalue weighted by molar-refractivity contribution is 0.602. The highest BCUT2D eigenvalue weighted by atomic mass is 79.9. The van der Waals surface area contributed by atoms with Gasteiger partial charge in [-0.25, -0.2) is 13.4 Å². The Labute approximate surface area is 103 Å². The first-order valence-corrected chi connectivity index (χ1v) is 7.34. The van der Waals surface area contributed by atoms with Gasteiger partial charge in [0.15, 0.2) is 9.84 Å². The molecule has 0 saturated heterocycles. The third-order valence-electron chi connectivity index (χ3n) is 2.39. The second-order valence-electron chi connectivity index (χ2n) is 3.65.